The average Bonchev–Trinajstić information content (AvgIpc) is 2.83. The summed E-state index contributed by atoms with van der Waals surface area (Å²) in [5.41, 5.74) is -0.0120. The van der Waals surface area contributed by atoms with Gasteiger partial charge in [0.1, 0.15) is 11.6 Å². The molecule has 0 saturated carbocycles. The molecule has 0 saturated heterocycles. The van der Waals surface area contributed by atoms with Gasteiger partial charge in [-0.25, -0.2) is 13.6 Å². The fourth-order valence-corrected chi connectivity index (χ4v) is 2.07. The van der Waals surface area contributed by atoms with Crippen molar-refractivity contribution >= 4 is 16.9 Å². The Kier molecular flexibility index (Phi) is 2.75. The number of para-hydroxylation sites is 1. The number of benzene rings is 2. The molecule has 0 radical (unpaired) electrons. The third-order valence-corrected chi connectivity index (χ3v) is 2.97. The molecule has 2 aromatic carbocycles. The van der Waals surface area contributed by atoms with Gasteiger partial charge >= 0.3 is 5.97 Å². The molecular weight excluding hydrogens is 266 g/mol. The molecule has 0 amide bonds. The first-order valence-electron chi connectivity index (χ1n) is 5.77. The predicted octanol–water partition coefficient (Wildman–Crippen LogP) is 4.08. The molecule has 5 heteroatoms. The molecule has 0 bridgehead atoms. The molecule has 0 aliphatic carbocycles. The van der Waals surface area contributed by atoms with Gasteiger partial charge in [0, 0.05) is 10.9 Å². The van der Waals surface area contributed by atoms with Crippen LogP contribution in [0.2, 0.25) is 0 Å². The fraction of sp³-hybridized carbons (Fsp3) is 0. The van der Waals surface area contributed by atoms with E-state index in [1.807, 2.05) is 0 Å². The van der Waals surface area contributed by atoms with Crippen molar-refractivity contribution in [1.82, 2.24) is 0 Å². The third kappa shape index (κ3) is 1.93. The van der Waals surface area contributed by atoms with Crippen LogP contribution in [0.15, 0.2) is 46.9 Å². The van der Waals surface area contributed by atoms with E-state index in [2.05, 4.69) is 0 Å². The summed E-state index contributed by atoms with van der Waals surface area (Å²) in [5.74, 6) is -2.24. The average molecular weight is 274 g/mol. The van der Waals surface area contributed by atoms with Gasteiger partial charge in [-0.1, -0.05) is 12.1 Å². The summed E-state index contributed by atoms with van der Waals surface area (Å²) in [6, 6.07) is 9.12. The van der Waals surface area contributed by atoms with Crippen molar-refractivity contribution in [3.8, 4) is 11.3 Å². The van der Waals surface area contributed by atoms with Crippen molar-refractivity contribution in [2.45, 2.75) is 0 Å². The Morgan fingerprint density at radius 2 is 1.90 bits per heavy atom. The lowest BCUT2D eigenvalue weighted by Crippen LogP contribution is -1.99. The Balaban J connectivity index is 2.27. The zero-order chi connectivity index (χ0) is 14.3. The molecule has 3 aromatic rings. The molecule has 0 aliphatic rings. The van der Waals surface area contributed by atoms with Gasteiger partial charge < -0.3 is 9.52 Å². The molecule has 0 fully saturated rings. The molecule has 20 heavy (non-hydrogen) atoms. The van der Waals surface area contributed by atoms with Crippen molar-refractivity contribution < 1.29 is 23.1 Å². The van der Waals surface area contributed by atoms with E-state index in [0.717, 1.165) is 18.2 Å². The van der Waals surface area contributed by atoms with Gasteiger partial charge in [-0.05, 0) is 30.3 Å². The molecule has 0 atom stereocenters. The minimum Gasteiger partial charge on any atom is -0.478 e. The Labute approximate surface area is 112 Å². The second-order valence-corrected chi connectivity index (χ2v) is 4.26. The minimum atomic E-state index is -1.21. The van der Waals surface area contributed by atoms with Crippen LogP contribution < -0.4 is 0 Å². The SMILES string of the molecule is O=C(O)c1ccc(F)cc1-c1cc2cccc(F)c2o1. The van der Waals surface area contributed by atoms with E-state index in [1.54, 1.807) is 6.07 Å². The minimum absolute atomic E-state index is 0.0168. The van der Waals surface area contributed by atoms with Crippen molar-refractivity contribution in [2.75, 3.05) is 0 Å². The first-order valence-corrected chi connectivity index (χ1v) is 5.77. The molecule has 100 valence electrons. The number of halogens is 2. The Morgan fingerprint density at radius 3 is 2.60 bits per heavy atom. The van der Waals surface area contributed by atoms with E-state index in [4.69, 9.17) is 9.52 Å². The number of carboxylic acids is 1. The zero-order valence-electron chi connectivity index (χ0n) is 10.1. The summed E-state index contributed by atoms with van der Waals surface area (Å²) in [6.07, 6.45) is 0. The summed E-state index contributed by atoms with van der Waals surface area (Å²) in [5, 5.41) is 9.60. The predicted molar refractivity (Wildman–Crippen MR) is 68.5 cm³/mol. The summed E-state index contributed by atoms with van der Waals surface area (Å²) < 4.78 is 32.2. The number of carbonyl (C=O) groups is 1. The van der Waals surface area contributed by atoms with Crippen LogP contribution >= 0.6 is 0 Å². The first-order chi connectivity index (χ1) is 9.56. The lowest BCUT2D eigenvalue weighted by molar-refractivity contribution is 0.0697. The van der Waals surface area contributed by atoms with Gasteiger partial charge in [-0.2, -0.15) is 0 Å². The number of fused-ring (bicyclic) bond motifs is 1. The van der Waals surface area contributed by atoms with E-state index >= 15 is 0 Å². The summed E-state index contributed by atoms with van der Waals surface area (Å²) >= 11 is 0. The zero-order valence-corrected chi connectivity index (χ0v) is 10.1. The van der Waals surface area contributed by atoms with Gasteiger partial charge in [0.2, 0.25) is 0 Å². The van der Waals surface area contributed by atoms with Crippen LogP contribution in [0.5, 0.6) is 0 Å². The summed E-state index contributed by atoms with van der Waals surface area (Å²) in [7, 11) is 0. The van der Waals surface area contributed by atoms with Crippen LogP contribution in [0.3, 0.4) is 0 Å². The number of rotatable bonds is 2. The molecule has 1 N–H and O–H groups in total. The molecule has 0 aliphatic heterocycles. The lowest BCUT2D eigenvalue weighted by Gasteiger charge is -2.02. The number of furan rings is 1. The van der Waals surface area contributed by atoms with Gasteiger partial charge in [0.15, 0.2) is 11.4 Å². The van der Waals surface area contributed by atoms with Gasteiger partial charge in [-0.15, -0.1) is 0 Å². The molecule has 1 aromatic heterocycles. The molecule has 0 spiro atoms. The molecule has 3 nitrogen and oxygen atoms in total. The first kappa shape index (κ1) is 12.3. The van der Waals surface area contributed by atoms with Crippen LogP contribution in [-0.2, 0) is 0 Å². The number of hydrogen-bond acceptors (Lipinski definition) is 2. The van der Waals surface area contributed by atoms with Crippen LogP contribution in [0.1, 0.15) is 10.4 Å². The maximum absolute atomic E-state index is 13.6. The second kappa shape index (κ2) is 4.45. The normalized spacial score (nSPS) is 10.9. The van der Waals surface area contributed by atoms with E-state index in [-0.39, 0.29) is 22.5 Å². The van der Waals surface area contributed by atoms with Crippen LogP contribution in [0.25, 0.3) is 22.3 Å². The Bertz CT molecular complexity index is 821. The highest BCUT2D eigenvalue weighted by atomic mass is 19.1. The van der Waals surface area contributed by atoms with E-state index < -0.39 is 17.6 Å². The molecule has 1 heterocycles. The topological polar surface area (TPSA) is 50.4 Å². The van der Waals surface area contributed by atoms with Crippen LogP contribution in [0, 0.1) is 11.6 Å². The second-order valence-electron chi connectivity index (χ2n) is 4.26. The Morgan fingerprint density at radius 1 is 1.10 bits per heavy atom. The largest absolute Gasteiger partial charge is 0.478 e. The van der Waals surface area contributed by atoms with Crippen LogP contribution in [-0.4, -0.2) is 11.1 Å². The molecule has 3 rings (SSSR count). The highest BCUT2D eigenvalue weighted by molar-refractivity contribution is 5.96. The highest BCUT2D eigenvalue weighted by Crippen LogP contribution is 2.31. The van der Waals surface area contributed by atoms with Gasteiger partial charge in [-0.3, -0.25) is 0 Å². The van der Waals surface area contributed by atoms with Crippen molar-refractivity contribution in [2.24, 2.45) is 0 Å². The number of hydrogen-bond donors (Lipinski definition) is 1. The maximum atomic E-state index is 13.6. The quantitative estimate of drug-likeness (QED) is 0.766. The van der Waals surface area contributed by atoms with Gasteiger partial charge in [0.05, 0.1) is 5.56 Å². The maximum Gasteiger partial charge on any atom is 0.336 e. The van der Waals surface area contributed by atoms with Crippen LogP contribution in [0.4, 0.5) is 8.78 Å². The number of aromatic carboxylic acids is 1. The van der Waals surface area contributed by atoms with Crippen molar-refractivity contribution in [1.29, 1.82) is 0 Å². The lowest BCUT2D eigenvalue weighted by atomic mass is 10.0. The van der Waals surface area contributed by atoms with E-state index in [9.17, 15) is 13.6 Å². The van der Waals surface area contributed by atoms with E-state index in [1.165, 1.54) is 18.2 Å². The monoisotopic (exact) mass is 274 g/mol. The summed E-state index contributed by atoms with van der Waals surface area (Å²) in [6.45, 7) is 0. The standard InChI is InChI=1S/C15H8F2O3/c16-9-4-5-10(15(18)19)11(7-9)13-6-8-2-1-3-12(17)14(8)20-13/h1-7H,(H,18,19). The van der Waals surface area contributed by atoms with E-state index in [0.29, 0.717) is 5.39 Å². The molecule has 0 unspecified atom stereocenters. The smallest absolute Gasteiger partial charge is 0.336 e. The fourth-order valence-electron chi connectivity index (χ4n) is 2.07. The Hall–Kier alpha value is -2.69. The summed E-state index contributed by atoms with van der Waals surface area (Å²) in [4.78, 5) is 11.2. The van der Waals surface area contributed by atoms with Crippen molar-refractivity contribution in [3.05, 3.63) is 59.7 Å². The number of carboxylic acid groups (broad SMARTS) is 1. The van der Waals surface area contributed by atoms with Crippen molar-refractivity contribution in [3.63, 3.8) is 0 Å². The highest BCUT2D eigenvalue weighted by Gasteiger charge is 2.17. The third-order valence-electron chi connectivity index (χ3n) is 2.97. The molecular formula is C15H8F2O3. The van der Waals surface area contributed by atoms with Gasteiger partial charge in [0.25, 0.3) is 0 Å².